The molecule has 1 aromatic carbocycles. The van der Waals surface area contributed by atoms with Gasteiger partial charge in [-0.1, -0.05) is 35.5 Å². The van der Waals surface area contributed by atoms with E-state index in [0.29, 0.717) is 5.92 Å². The molecule has 0 N–H and O–H groups in total. The van der Waals surface area contributed by atoms with Gasteiger partial charge in [-0.2, -0.15) is 0 Å². The smallest absolute Gasteiger partial charge is 0.319 e. The number of oxime groups is 1. The maximum atomic E-state index is 10.5. The van der Waals surface area contributed by atoms with Crippen molar-refractivity contribution < 1.29 is 9.63 Å². The van der Waals surface area contributed by atoms with Crippen molar-refractivity contribution in [2.45, 2.75) is 25.7 Å². The minimum Gasteiger partial charge on any atom is -0.319 e. The van der Waals surface area contributed by atoms with Gasteiger partial charge in [0.15, 0.2) is 0 Å². The second kappa shape index (κ2) is 4.26. The summed E-state index contributed by atoms with van der Waals surface area (Å²) in [7, 11) is 0. The molecule has 0 spiro atoms. The van der Waals surface area contributed by atoms with Crippen LogP contribution in [0.25, 0.3) is 0 Å². The molecule has 0 aromatic heterocycles. The van der Waals surface area contributed by atoms with E-state index in [1.807, 2.05) is 18.2 Å². The van der Waals surface area contributed by atoms with Gasteiger partial charge in [-0.15, -0.1) is 0 Å². The molecule has 1 aliphatic rings. The topological polar surface area (TPSA) is 38.7 Å². The largest absolute Gasteiger partial charge is 0.331 e. The fraction of sp³-hybridized carbons (Fsp3) is 0.333. The number of carbonyl (C=O) groups excluding carboxylic acids is 1. The van der Waals surface area contributed by atoms with Gasteiger partial charge in [0.05, 0.1) is 5.71 Å². The molecular weight excluding hydrogens is 190 g/mol. The molecule has 0 aliphatic heterocycles. The van der Waals surface area contributed by atoms with E-state index in [1.54, 1.807) is 0 Å². The SMILES string of the molecule is CC(=O)ON=C1CC(c2ccccc2)C1. The zero-order valence-electron chi connectivity index (χ0n) is 8.64. The van der Waals surface area contributed by atoms with Crippen LogP contribution in [0.15, 0.2) is 35.5 Å². The van der Waals surface area contributed by atoms with Crippen LogP contribution >= 0.6 is 0 Å². The summed E-state index contributed by atoms with van der Waals surface area (Å²) in [5.41, 5.74) is 2.30. The van der Waals surface area contributed by atoms with Crippen molar-refractivity contribution in [3.05, 3.63) is 35.9 Å². The van der Waals surface area contributed by atoms with Crippen LogP contribution in [0.5, 0.6) is 0 Å². The van der Waals surface area contributed by atoms with Crippen LogP contribution in [0, 0.1) is 0 Å². The van der Waals surface area contributed by atoms with E-state index in [0.717, 1.165) is 18.6 Å². The number of carbonyl (C=O) groups is 1. The van der Waals surface area contributed by atoms with E-state index in [-0.39, 0.29) is 5.97 Å². The molecule has 3 heteroatoms. The van der Waals surface area contributed by atoms with Crippen LogP contribution in [0.2, 0.25) is 0 Å². The Labute approximate surface area is 88.7 Å². The van der Waals surface area contributed by atoms with E-state index >= 15 is 0 Å². The normalized spacial score (nSPS) is 19.3. The molecule has 0 heterocycles. The van der Waals surface area contributed by atoms with Crippen molar-refractivity contribution in [3.63, 3.8) is 0 Å². The lowest BCUT2D eigenvalue weighted by Gasteiger charge is -2.27. The van der Waals surface area contributed by atoms with Crippen molar-refractivity contribution in [2.24, 2.45) is 5.16 Å². The van der Waals surface area contributed by atoms with Gasteiger partial charge >= 0.3 is 5.97 Å². The Hall–Kier alpha value is -1.64. The summed E-state index contributed by atoms with van der Waals surface area (Å²) >= 11 is 0. The van der Waals surface area contributed by atoms with Crippen molar-refractivity contribution in [1.29, 1.82) is 0 Å². The van der Waals surface area contributed by atoms with Gasteiger partial charge in [-0.25, -0.2) is 4.79 Å². The minimum atomic E-state index is -0.356. The molecule has 0 bridgehead atoms. The monoisotopic (exact) mass is 203 g/mol. The second-order valence-corrected chi connectivity index (χ2v) is 3.76. The average Bonchev–Trinajstić information content (AvgIpc) is 2.16. The van der Waals surface area contributed by atoms with E-state index in [1.165, 1.54) is 12.5 Å². The summed E-state index contributed by atoms with van der Waals surface area (Å²) in [6.45, 7) is 1.36. The van der Waals surface area contributed by atoms with Gasteiger partial charge in [0.25, 0.3) is 0 Å². The highest BCUT2D eigenvalue weighted by Gasteiger charge is 2.26. The van der Waals surface area contributed by atoms with E-state index in [2.05, 4.69) is 22.1 Å². The van der Waals surface area contributed by atoms with Crippen molar-refractivity contribution in [2.75, 3.05) is 0 Å². The first-order valence-corrected chi connectivity index (χ1v) is 5.04. The zero-order chi connectivity index (χ0) is 10.7. The maximum Gasteiger partial charge on any atom is 0.331 e. The summed E-state index contributed by atoms with van der Waals surface area (Å²) in [6.07, 6.45) is 1.80. The first-order chi connectivity index (χ1) is 7.25. The molecule has 0 amide bonds. The molecule has 1 aromatic rings. The van der Waals surface area contributed by atoms with E-state index < -0.39 is 0 Å². The first kappa shape index (κ1) is 9.90. The highest BCUT2D eigenvalue weighted by Crippen LogP contribution is 2.34. The molecule has 0 radical (unpaired) electrons. The summed E-state index contributed by atoms with van der Waals surface area (Å²) < 4.78 is 0. The summed E-state index contributed by atoms with van der Waals surface area (Å²) in [4.78, 5) is 15.1. The minimum absolute atomic E-state index is 0.356. The number of hydrogen-bond donors (Lipinski definition) is 0. The van der Waals surface area contributed by atoms with Crippen LogP contribution in [-0.4, -0.2) is 11.7 Å². The van der Waals surface area contributed by atoms with Gasteiger partial charge in [-0.05, 0) is 24.3 Å². The van der Waals surface area contributed by atoms with Gasteiger partial charge in [0, 0.05) is 6.92 Å². The standard InChI is InChI=1S/C12H13NO2/c1-9(14)15-13-12-7-11(8-12)10-5-3-2-4-6-10/h2-6,11H,7-8H2,1H3. The Bertz CT molecular complexity index is 376. The zero-order valence-corrected chi connectivity index (χ0v) is 8.64. The predicted molar refractivity (Wildman–Crippen MR) is 57.6 cm³/mol. The molecule has 0 unspecified atom stereocenters. The second-order valence-electron chi connectivity index (χ2n) is 3.76. The molecule has 78 valence electrons. The molecule has 2 rings (SSSR count). The Balaban J connectivity index is 1.89. The average molecular weight is 203 g/mol. The highest BCUT2D eigenvalue weighted by atomic mass is 16.7. The first-order valence-electron chi connectivity index (χ1n) is 5.04. The summed E-state index contributed by atoms with van der Waals surface area (Å²) in [5, 5.41) is 3.77. The molecule has 15 heavy (non-hydrogen) atoms. The molecule has 1 saturated carbocycles. The van der Waals surface area contributed by atoms with Gasteiger partial charge in [0.2, 0.25) is 0 Å². The molecule has 3 nitrogen and oxygen atoms in total. The summed E-state index contributed by atoms with van der Waals surface area (Å²) in [6, 6.07) is 10.3. The van der Waals surface area contributed by atoms with Gasteiger partial charge in [-0.3, -0.25) is 0 Å². The predicted octanol–water partition coefficient (Wildman–Crippen LogP) is 2.48. The van der Waals surface area contributed by atoms with Crippen LogP contribution in [-0.2, 0) is 9.63 Å². The molecule has 0 atom stereocenters. The lowest BCUT2D eigenvalue weighted by molar-refractivity contribution is -0.141. The maximum absolute atomic E-state index is 10.5. The van der Waals surface area contributed by atoms with Crippen LogP contribution in [0.4, 0.5) is 0 Å². The number of nitrogens with zero attached hydrogens (tertiary/aromatic N) is 1. The molecule has 1 aliphatic carbocycles. The van der Waals surface area contributed by atoms with E-state index in [4.69, 9.17) is 0 Å². The third-order valence-electron chi connectivity index (χ3n) is 2.54. The fourth-order valence-electron chi connectivity index (χ4n) is 1.67. The number of rotatable bonds is 2. The third-order valence-corrected chi connectivity index (χ3v) is 2.54. The Morgan fingerprint density at radius 1 is 1.33 bits per heavy atom. The number of hydrogen-bond acceptors (Lipinski definition) is 3. The molecule has 1 fully saturated rings. The Kier molecular flexibility index (Phi) is 2.81. The van der Waals surface area contributed by atoms with Crippen molar-refractivity contribution in [1.82, 2.24) is 0 Å². The Morgan fingerprint density at radius 2 is 2.00 bits per heavy atom. The van der Waals surface area contributed by atoms with Crippen LogP contribution < -0.4 is 0 Å². The molecular formula is C12H13NO2. The Morgan fingerprint density at radius 3 is 2.60 bits per heavy atom. The highest BCUT2D eigenvalue weighted by molar-refractivity contribution is 5.91. The van der Waals surface area contributed by atoms with Crippen molar-refractivity contribution >= 4 is 11.7 Å². The third kappa shape index (κ3) is 2.43. The van der Waals surface area contributed by atoms with Crippen LogP contribution in [0.1, 0.15) is 31.2 Å². The number of benzene rings is 1. The fourth-order valence-corrected chi connectivity index (χ4v) is 1.67. The van der Waals surface area contributed by atoms with Gasteiger partial charge in [0.1, 0.15) is 0 Å². The molecule has 0 saturated heterocycles. The van der Waals surface area contributed by atoms with E-state index in [9.17, 15) is 4.79 Å². The lowest BCUT2D eigenvalue weighted by atomic mass is 9.78. The van der Waals surface area contributed by atoms with Crippen molar-refractivity contribution in [3.8, 4) is 0 Å². The van der Waals surface area contributed by atoms with Crippen LogP contribution in [0.3, 0.4) is 0 Å². The lowest BCUT2D eigenvalue weighted by Crippen LogP contribution is -2.22. The van der Waals surface area contributed by atoms with Gasteiger partial charge < -0.3 is 4.84 Å². The summed E-state index contributed by atoms with van der Waals surface area (Å²) in [5.74, 6) is 0.186. The quantitative estimate of drug-likeness (QED) is 0.547.